The van der Waals surface area contributed by atoms with Crippen molar-refractivity contribution < 1.29 is 14.4 Å². The van der Waals surface area contributed by atoms with E-state index in [2.05, 4.69) is 11.9 Å². The number of piperidine rings is 1. The minimum atomic E-state index is -0.669. The van der Waals surface area contributed by atoms with Gasteiger partial charge in [-0.1, -0.05) is 18.7 Å². The van der Waals surface area contributed by atoms with Gasteiger partial charge in [0.05, 0.1) is 11.6 Å². The van der Waals surface area contributed by atoms with Gasteiger partial charge in [0.1, 0.15) is 6.04 Å². The Morgan fingerprint density at radius 1 is 1.40 bits per heavy atom. The molecule has 2 saturated heterocycles. The van der Waals surface area contributed by atoms with E-state index < -0.39 is 11.9 Å². The number of amides is 3. The van der Waals surface area contributed by atoms with Crippen molar-refractivity contribution in [2.75, 3.05) is 6.54 Å². The average molecular weight is 271 g/mol. The van der Waals surface area contributed by atoms with Gasteiger partial charge in [-0.25, -0.2) is 0 Å². The first-order valence-corrected chi connectivity index (χ1v) is 6.15. The molecule has 0 aliphatic carbocycles. The summed E-state index contributed by atoms with van der Waals surface area (Å²) in [6.07, 6.45) is 4.86. The number of nitriles is 1. The molecule has 0 aromatic carbocycles. The molecule has 3 amide bonds. The zero-order chi connectivity index (χ0) is 14.7. The maximum Gasteiger partial charge on any atom is 0.255 e. The molecule has 2 fully saturated rings. The molecule has 0 spiro atoms. The lowest BCUT2D eigenvalue weighted by atomic mass is 10.0. The van der Waals surface area contributed by atoms with Crippen LogP contribution in [0.15, 0.2) is 36.0 Å². The van der Waals surface area contributed by atoms with E-state index in [0.29, 0.717) is 12.0 Å². The number of carbonyl (C=O) groups is 3. The van der Waals surface area contributed by atoms with Crippen molar-refractivity contribution in [2.24, 2.45) is 0 Å². The normalized spacial score (nSPS) is 26.9. The summed E-state index contributed by atoms with van der Waals surface area (Å²) in [5.41, 5.74) is 0.924. The molecule has 2 aliphatic rings. The highest BCUT2D eigenvalue weighted by atomic mass is 16.2. The van der Waals surface area contributed by atoms with Crippen LogP contribution in [0.25, 0.3) is 0 Å². The quantitative estimate of drug-likeness (QED) is 0.441. The van der Waals surface area contributed by atoms with Crippen LogP contribution in [0, 0.1) is 11.3 Å². The van der Waals surface area contributed by atoms with Gasteiger partial charge >= 0.3 is 0 Å². The zero-order valence-electron chi connectivity index (χ0n) is 10.8. The van der Waals surface area contributed by atoms with Crippen molar-refractivity contribution >= 4 is 17.7 Å². The minimum Gasteiger partial charge on any atom is -0.322 e. The molecule has 6 heteroatoms. The number of nitrogens with one attached hydrogen (secondary N) is 1. The molecule has 0 radical (unpaired) electrons. The molecule has 6 nitrogen and oxygen atoms in total. The Labute approximate surface area is 116 Å². The standard InChI is InChI=1S/C14H13N3O3/c1-2-3-9-8-17(14(20)10(9)6-7-15)11-4-5-12(18)16-13(11)19/h2-3,6,11H,1,4-5,8H2,(H,16,18,19)/b9-3-,10-6-. The SMILES string of the molecule is C=C/C=C1/CN(C2CCC(=O)NC2=O)C(=O)/C1=C\C#N. The number of nitrogens with zero attached hydrogens (tertiary/aromatic N) is 2. The first-order chi connectivity index (χ1) is 9.58. The van der Waals surface area contributed by atoms with Gasteiger partial charge < -0.3 is 4.90 Å². The monoisotopic (exact) mass is 271 g/mol. The third kappa shape index (κ3) is 2.38. The van der Waals surface area contributed by atoms with Crippen LogP contribution < -0.4 is 5.32 Å². The molecule has 1 unspecified atom stereocenters. The van der Waals surface area contributed by atoms with E-state index in [-0.39, 0.29) is 30.4 Å². The molecule has 1 N–H and O–H groups in total. The molecule has 1 atom stereocenters. The summed E-state index contributed by atoms with van der Waals surface area (Å²) in [5.74, 6) is -1.16. The number of hydrogen-bond acceptors (Lipinski definition) is 4. The maximum atomic E-state index is 12.3. The van der Waals surface area contributed by atoms with E-state index in [0.717, 1.165) is 0 Å². The molecular weight excluding hydrogens is 258 g/mol. The van der Waals surface area contributed by atoms with Crippen LogP contribution in [0.5, 0.6) is 0 Å². The molecule has 2 rings (SSSR count). The first-order valence-electron chi connectivity index (χ1n) is 6.15. The second-order valence-corrected chi connectivity index (χ2v) is 4.51. The lowest BCUT2D eigenvalue weighted by Crippen LogP contribution is -2.52. The van der Waals surface area contributed by atoms with Crippen LogP contribution in [-0.2, 0) is 14.4 Å². The van der Waals surface area contributed by atoms with Crippen molar-refractivity contribution in [1.29, 1.82) is 5.26 Å². The van der Waals surface area contributed by atoms with Crippen LogP contribution in [0.3, 0.4) is 0 Å². The maximum absolute atomic E-state index is 12.3. The number of carbonyl (C=O) groups excluding carboxylic acids is 3. The highest BCUT2D eigenvalue weighted by Crippen LogP contribution is 2.27. The first kappa shape index (κ1) is 13.7. The Morgan fingerprint density at radius 2 is 2.15 bits per heavy atom. The topological polar surface area (TPSA) is 90.3 Å². The van der Waals surface area contributed by atoms with E-state index in [9.17, 15) is 14.4 Å². The Hall–Kier alpha value is -2.68. The summed E-state index contributed by atoms with van der Waals surface area (Å²) in [6, 6.07) is 1.16. The Morgan fingerprint density at radius 3 is 2.75 bits per heavy atom. The fourth-order valence-electron chi connectivity index (χ4n) is 2.37. The second-order valence-electron chi connectivity index (χ2n) is 4.51. The summed E-state index contributed by atoms with van der Waals surface area (Å²) in [5, 5.41) is 11.0. The Balaban J connectivity index is 2.29. The van der Waals surface area contributed by atoms with E-state index in [1.165, 1.54) is 17.1 Å². The van der Waals surface area contributed by atoms with Crippen LogP contribution >= 0.6 is 0 Å². The highest BCUT2D eigenvalue weighted by Gasteiger charge is 2.40. The van der Waals surface area contributed by atoms with Crippen molar-refractivity contribution in [3.63, 3.8) is 0 Å². The van der Waals surface area contributed by atoms with Gasteiger partial charge in [-0.05, 0) is 12.0 Å². The number of rotatable bonds is 2. The average Bonchev–Trinajstić information content (AvgIpc) is 2.69. The number of likely N-dealkylation sites (tertiary alicyclic amines) is 1. The van der Waals surface area contributed by atoms with Crippen molar-refractivity contribution in [3.8, 4) is 6.07 Å². The molecule has 0 aromatic heterocycles. The zero-order valence-corrected chi connectivity index (χ0v) is 10.8. The molecule has 102 valence electrons. The van der Waals surface area contributed by atoms with Gasteiger partial charge in [-0.2, -0.15) is 5.26 Å². The Bertz CT molecular complexity index is 595. The Kier molecular flexibility index (Phi) is 3.80. The summed E-state index contributed by atoms with van der Waals surface area (Å²) in [4.78, 5) is 36.6. The number of imide groups is 1. The third-order valence-electron chi connectivity index (χ3n) is 3.29. The van der Waals surface area contributed by atoms with E-state index in [4.69, 9.17) is 5.26 Å². The van der Waals surface area contributed by atoms with Gasteiger partial charge in [0.2, 0.25) is 11.8 Å². The largest absolute Gasteiger partial charge is 0.322 e. The van der Waals surface area contributed by atoms with Gasteiger partial charge in [0.15, 0.2) is 0 Å². The molecule has 20 heavy (non-hydrogen) atoms. The molecule has 0 bridgehead atoms. The number of hydrogen-bond donors (Lipinski definition) is 1. The predicted molar refractivity (Wildman–Crippen MR) is 69.9 cm³/mol. The summed E-state index contributed by atoms with van der Waals surface area (Å²) in [7, 11) is 0. The lowest BCUT2D eigenvalue weighted by molar-refractivity contribution is -0.142. The summed E-state index contributed by atoms with van der Waals surface area (Å²) in [6.45, 7) is 3.81. The fourth-order valence-corrected chi connectivity index (χ4v) is 2.37. The second kappa shape index (κ2) is 5.53. The van der Waals surface area contributed by atoms with Gasteiger partial charge in [-0.15, -0.1) is 0 Å². The minimum absolute atomic E-state index is 0.206. The van der Waals surface area contributed by atoms with Crippen LogP contribution in [0.2, 0.25) is 0 Å². The molecule has 2 heterocycles. The van der Waals surface area contributed by atoms with E-state index in [1.54, 1.807) is 6.08 Å². The molecule has 2 aliphatic heterocycles. The predicted octanol–water partition coefficient (Wildman–Crippen LogP) is 0.196. The summed E-state index contributed by atoms with van der Waals surface area (Å²) < 4.78 is 0. The van der Waals surface area contributed by atoms with Gasteiger partial charge in [0, 0.05) is 19.0 Å². The van der Waals surface area contributed by atoms with E-state index in [1.807, 2.05) is 6.07 Å². The van der Waals surface area contributed by atoms with Crippen LogP contribution in [-0.4, -0.2) is 35.2 Å². The molecule has 0 aromatic rings. The van der Waals surface area contributed by atoms with E-state index >= 15 is 0 Å². The third-order valence-corrected chi connectivity index (χ3v) is 3.29. The van der Waals surface area contributed by atoms with Crippen molar-refractivity contribution in [3.05, 3.63) is 36.0 Å². The molecular formula is C14H13N3O3. The highest BCUT2D eigenvalue weighted by molar-refractivity contribution is 6.07. The van der Waals surface area contributed by atoms with Gasteiger partial charge in [0.25, 0.3) is 5.91 Å². The number of allylic oxidation sites excluding steroid dienone is 3. The fraction of sp³-hybridized carbons (Fsp3) is 0.286. The lowest BCUT2D eigenvalue weighted by Gasteiger charge is -2.28. The van der Waals surface area contributed by atoms with Crippen molar-refractivity contribution in [1.82, 2.24) is 10.2 Å². The smallest absolute Gasteiger partial charge is 0.255 e. The summed E-state index contributed by atoms with van der Waals surface area (Å²) >= 11 is 0. The van der Waals surface area contributed by atoms with Gasteiger partial charge in [-0.3, -0.25) is 19.7 Å². The van der Waals surface area contributed by atoms with Crippen LogP contribution in [0.4, 0.5) is 0 Å². The molecule has 0 saturated carbocycles. The van der Waals surface area contributed by atoms with Crippen molar-refractivity contribution in [2.45, 2.75) is 18.9 Å². The van der Waals surface area contributed by atoms with Crippen LogP contribution in [0.1, 0.15) is 12.8 Å².